The Morgan fingerprint density at radius 3 is 2.73 bits per heavy atom. The summed E-state index contributed by atoms with van der Waals surface area (Å²) >= 11 is 1.55. The molecule has 0 atom stereocenters. The van der Waals surface area contributed by atoms with Crippen LogP contribution < -0.4 is 10.9 Å². The standard InChI is InChI=1S/C23H21N3O3S/c1-14-4-6-19(10-15(14)2)26-9-8-24-23(26)30-13-17-11-22(28)29-21-12-18(25-16(3)27)5-7-20(17)21/h4-12H,13H2,1-3H3,(H,25,27). The van der Waals surface area contributed by atoms with Crippen LogP contribution >= 0.6 is 11.8 Å². The molecule has 7 heteroatoms. The van der Waals surface area contributed by atoms with Crippen LogP contribution in [-0.2, 0) is 10.5 Å². The predicted octanol–water partition coefficient (Wildman–Crippen LogP) is 4.85. The maximum Gasteiger partial charge on any atom is 0.336 e. The molecule has 152 valence electrons. The highest BCUT2D eigenvalue weighted by molar-refractivity contribution is 7.98. The molecular formula is C23H21N3O3S. The molecule has 1 N–H and O–H groups in total. The minimum atomic E-state index is -0.421. The lowest BCUT2D eigenvalue weighted by atomic mass is 10.1. The van der Waals surface area contributed by atoms with Crippen molar-refractivity contribution in [2.75, 3.05) is 5.32 Å². The molecule has 0 fully saturated rings. The first-order valence-corrected chi connectivity index (χ1v) is 10.5. The summed E-state index contributed by atoms with van der Waals surface area (Å²) in [6.07, 6.45) is 3.71. The zero-order chi connectivity index (χ0) is 21.3. The molecule has 0 aliphatic rings. The molecule has 0 unspecified atom stereocenters. The van der Waals surface area contributed by atoms with Crippen molar-refractivity contribution in [2.24, 2.45) is 0 Å². The summed E-state index contributed by atoms with van der Waals surface area (Å²) in [6.45, 7) is 5.62. The number of rotatable bonds is 5. The second-order valence-electron chi connectivity index (χ2n) is 7.12. The van der Waals surface area contributed by atoms with Crippen LogP contribution in [0.2, 0.25) is 0 Å². The lowest BCUT2D eigenvalue weighted by Crippen LogP contribution is -2.06. The molecule has 0 radical (unpaired) electrons. The second-order valence-corrected chi connectivity index (χ2v) is 8.06. The smallest absolute Gasteiger partial charge is 0.336 e. The Morgan fingerprint density at radius 2 is 1.97 bits per heavy atom. The van der Waals surface area contributed by atoms with Gasteiger partial charge in [0.2, 0.25) is 5.91 Å². The van der Waals surface area contributed by atoms with Crippen LogP contribution in [-0.4, -0.2) is 15.5 Å². The number of hydrogen-bond acceptors (Lipinski definition) is 5. The van der Waals surface area contributed by atoms with Crippen LogP contribution in [0.15, 0.2) is 69.2 Å². The van der Waals surface area contributed by atoms with Gasteiger partial charge in [-0.15, -0.1) is 0 Å². The van der Waals surface area contributed by atoms with Gasteiger partial charge in [0.1, 0.15) is 5.58 Å². The van der Waals surface area contributed by atoms with Crippen molar-refractivity contribution < 1.29 is 9.21 Å². The van der Waals surface area contributed by atoms with Gasteiger partial charge in [0.15, 0.2) is 5.16 Å². The molecule has 4 rings (SSSR count). The predicted molar refractivity (Wildman–Crippen MR) is 119 cm³/mol. The van der Waals surface area contributed by atoms with Gasteiger partial charge in [-0.3, -0.25) is 9.36 Å². The van der Waals surface area contributed by atoms with Gasteiger partial charge in [-0.25, -0.2) is 9.78 Å². The number of thioether (sulfide) groups is 1. The number of hydrogen-bond donors (Lipinski definition) is 1. The zero-order valence-corrected chi connectivity index (χ0v) is 17.7. The number of nitrogens with one attached hydrogen (secondary N) is 1. The molecule has 0 spiro atoms. The highest BCUT2D eigenvalue weighted by atomic mass is 32.2. The van der Waals surface area contributed by atoms with Gasteiger partial charge in [-0.05, 0) is 54.8 Å². The van der Waals surface area contributed by atoms with E-state index in [4.69, 9.17) is 4.42 Å². The van der Waals surface area contributed by atoms with Crippen molar-refractivity contribution >= 4 is 34.3 Å². The maximum atomic E-state index is 12.1. The monoisotopic (exact) mass is 419 g/mol. The SMILES string of the molecule is CC(=O)Nc1ccc2c(CSc3nccn3-c3ccc(C)c(C)c3)cc(=O)oc2c1. The van der Waals surface area contributed by atoms with Gasteiger partial charge < -0.3 is 9.73 Å². The molecule has 2 aromatic carbocycles. The minimum Gasteiger partial charge on any atom is -0.423 e. The first-order valence-electron chi connectivity index (χ1n) is 9.49. The van der Waals surface area contributed by atoms with Crippen LogP contribution in [0.3, 0.4) is 0 Å². The number of fused-ring (bicyclic) bond motifs is 1. The Bertz CT molecular complexity index is 1310. The average molecular weight is 420 g/mol. The molecule has 30 heavy (non-hydrogen) atoms. The Hall–Kier alpha value is -3.32. The van der Waals surface area contributed by atoms with E-state index in [1.54, 1.807) is 30.1 Å². The second kappa shape index (κ2) is 8.20. The minimum absolute atomic E-state index is 0.179. The van der Waals surface area contributed by atoms with Crippen molar-refractivity contribution in [1.29, 1.82) is 0 Å². The zero-order valence-electron chi connectivity index (χ0n) is 16.9. The van der Waals surface area contributed by atoms with Crippen LogP contribution in [0.1, 0.15) is 23.6 Å². The first kappa shape index (κ1) is 20.0. The fourth-order valence-corrected chi connectivity index (χ4v) is 4.21. The molecule has 2 heterocycles. The van der Waals surface area contributed by atoms with E-state index in [-0.39, 0.29) is 5.91 Å². The van der Waals surface area contributed by atoms with E-state index in [1.807, 2.05) is 16.8 Å². The number of aryl methyl sites for hydroxylation is 2. The fourth-order valence-electron chi connectivity index (χ4n) is 3.24. The highest BCUT2D eigenvalue weighted by Gasteiger charge is 2.11. The van der Waals surface area contributed by atoms with Gasteiger partial charge in [0.25, 0.3) is 0 Å². The van der Waals surface area contributed by atoms with Crippen LogP contribution in [0.4, 0.5) is 5.69 Å². The molecule has 1 amide bonds. The first-order chi connectivity index (χ1) is 14.4. The van der Waals surface area contributed by atoms with Crippen LogP contribution in [0.5, 0.6) is 0 Å². The van der Waals surface area contributed by atoms with E-state index in [1.165, 1.54) is 24.1 Å². The number of carbonyl (C=O) groups excluding carboxylic acids is 1. The molecule has 0 saturated carbocycles. The number of benzene rings is 2. The number of aromatic nitrogens is 2. The van der Waals surface area contributed by atoms with E-state index in [2.05, 4.69) is 42.3 Å². The molecule has 0 saturated heterocycles. The Balaban J connectivity index is 1.63. The van der Waals surface area contributed by atoms with E-state index >= 15 is 0 Å². The average Bonchev–Trinajstić information content (AvgIpc) is 3.16. The summed E-state index contributed by atoms with van der Waals surface area (Å²) in [5.74, 6) is 0.380. The van der Waals surface area contributed by atoms with Crippen molar-refractivity contribution in [3.63, 3.8) is 0 Å². The summed E-state index contributed by atoms with van der Waals surface area (Å²) in [4.78, 5) is 27.8. The third-order valence-electron chi connectivity index (χ3n) is 4.88. The van der Waals surface area contributed by atoms with Gasteiger partial charge >= 0.3 is 5.63 Å². The lowest BCUT2D eigenvalue weighted by molar-refractivity contribution is -0.114. The Labute approximate surface area is 177 Å². The number of carbonyl (C=O) groups is 1. The Kier molecular flexibility index (Phi) is 5.46. The van der Waals surface area contributed by atoms with Crippen LogP contribution in [0.25, 0.3) is 16.7 Å². The molecule has 2 aromatic heterocycles. The van der Waals surface area contributed by atoms with Crippen molar-refractivity contribution in [3.05, 3.63) is 82.0 Å². The molecule has 4 aromatic rings. The summed E-state index contributed by atoms with van der Waals surface area (Å²) in [7, 11) is 0. The summed E-state index contributed by atoms with van der Waals surface area (Å²) < 4.78 is 7.38. The van der Waals surface area contributed by atoms with Gasteiger partial charge in [0.05, 0.1) is 0 Å². The topological polar surface area (TPSA) is 77.1 Å². The number of anilines is 1. The van der Waals surface area contributed by atoms with Gasteiger partial charge in [-0.2, -0.15) is 0 Å². The summed E-state index contributed by atoms with van der Waals surface area (Å²) in [6, 6.07) is 13.1. The molecule has 6 nitrogen and oxygen atoms in total. The highest BCUT2D eigenvalue weighted by Crippen LogP contribution is 2.29. The molecule has 0 aliphatic heterocycles. The molecule has 0 bridgehead atoms. The third-order valence-corrected chi connectivity index (χ3v) is 5.90. The van der Waals surface area contributed by atoms with E-state index < -0.39 is 5.63 Å². The number of nitrogens with zero attached hydrogens (tertiary/aromatic N) is 2. The normalized spacial score (nSPS) is 11.0. The fraction of sp³-hybridized carbons (Fsp3) is 0.174. The Morgan fingerprint density at radius 1 is 1.13 bits per heavy atom. The van der Waals surface area contributed by atoms with Crippen molar-refractivity contribution in [1.82, 2.24) is 9.55 Å². The third kappa shape index (κ3) is 4.16. The van der Waals surface area contributed by atoms with E-state index in [0.29, 0.717) is 17.0 Å². The quantitative estimate of drug-likeness (QED) is 0.370. The summed E-state index contributed by atoms with van der Waals surface area (Å²) in [5.41, 5.74) is 4.99. The maximum absolute atomic E-state index is 12.1. The number of amides is 1. The number of imidazole rings is 1. The van der Waals surface area contributed by atoms with Crippen LogP contribution in [0, 0.1) is 13.8 Å². The molecular weight excluding hydrogens is 398 g/mol. The van der Waals surface area contributed by atoms with Gasteiger partial charge in [0, 0.05) is 54.0 Å². The largest absolute Gasteiger partial charge is 0.423 e. The van der Waals surface area contributed by atoms with Gasteiger partial charge in [-0.1, -0.05) is 17.8 Å². The van der Waals surface area contributed by atoms with E-state index in [9.17, 15) is 9.59 Å². The van der Waals surface area contributed by atoms with Crippen molar-refractivity contribution in [2.45, 2.75) is 31.7 Å². The lowest BCUT2D eigenvalue weighted by Gasteiger charge is -2.11. The van der Waals surface area contributed by atoms with E-state index in [0.717, 1.165) is 21.8 Å². The molecule has 0 aliphatic carbocycles. The van der Waals surface area contributed by atoms with Crippen molar-refractivity contribution in [3.8, 4) is 5.69 Å². The summed E-state index contributed by atoms with van der Waals surface area (Å²) in [5, 5.41) is 4.38.